The maximum absolute atomic E-state index is 11.3. The molecule has 0 bridgehead atoms. The number of imide groups is 1. The number of halogens is 1. The van der Waals surface area contributed by atoms with Gasteiger partial charge in [-0.05, 0) is 30.7 Å². The van der Waals surface area contributed by atoms with Gasteiger partial charge in [0.05, 0.1) is 6.61 Å². The summed E-state index contributed by atoms with van der Waals surface area (Å²) >= 11 is 3.35. The lowest BCUT2D eigenvalue weighted by Gasteiger charge is -2.13. The van der Waals surface area contributed by atoms with Crippen molar-refractivity contribution in [3.8, 4) is 5.75 Å². The summed E-state index contributed by atoms with van der Waals surface area (Å²) in [5.74, 6) is 0.657. The van der Waals surface area contributed by atoms with Crippen LogP contribution in [0.3, 0.4) is 0 Å². The summed E-state index contributed by atoms with van der Waals surface area (Å²) in [6.45, 7) is 0.951. The van der Waals surface area contributed by atoms with Gasteiger partial charge in [-0.3, -0.25) is 14.5 Å². The van der Waals surface area contributed by atoms with E-state index in [-0.39, 0.29) is 11.8 Å². The highest BCUT2D eigenvalue weighted by Gasteiger charge is 2.27. The van der Waals surface area contributed by atoms with Crippen molar-refractivity contribution in [2.24, 2.45) is 0 Å². The Morgan fingerprint density at radius 2 is 1.72 bits per heavy atom. The molecule has 0 N–H and O–H groups in total. The normalized spacial score (nSPS) is 15.3. The first-order chi connectivity index (χ1) is 8.66. The second-order valence-electron chi connectivity index (χ2n) is 4.10. The molecule has 1 saturated heterocycles. The van der Waals surface area contributed by atoms with E-state index in [1.54, 1.807) is 0 Å². The van der Waals surface area contributed by atoms with E-state index in [4.69, 9.17) is 4.74 Å². The van der Waals surface area contributed by atoms with Crippen molar-refractivity contribution in [2.45, 2.75) is 19.3 Å². The van der Waals surface area contributed by atoms with E-state index < -0.39 is 0 Å². The van der Waals surface area contributed by atoms with Crippen molar-refractivity contribution >= 4 is 27.7 Å². The summed E-state index contributed by atoms with van der Waals surface area (Å²) in [5, 5.41) is 0. The molecule has 1 aromatic rings. The van der Waals surface area contributed by atoms with Gasteiger partial charge in [-0.1, -0.05) is 15.9 Å². The first kappa shape index (κ1) is 13.1. The fourth-order valence-electron chi connectivity index (χ4n) is 1.82. The van der Waals surface area contributed by atoms with E-state index in [0.717, 1.165) is 10.2 Å². The standard InChI is InChI=1S/C13H14BrNO3/c14-10-2-4-11(5-3-10)18-9-1-8-15-12(16)6-7-13(15)17/h2-5H,1,6-9H2. The summed E-state index contributed by atoms with van der Waals surface area (Å²) in [7, 11) is 0. The highest BCUT2D eigenvalue weighted by molar-refractivity contribution is 9.10. The fraction of sp³-hybridized carbons (Fsp3) is 0.385. The van der Waals surface area contributed by atoms with Gasteiger partial charge in [0.15, 0.2) is 0 Å². The molecule has 1 aliphatic rings. The Kier molecular flexibility index (Phi) is 4.36. The zero-order valence-corrected chi connectivity index (χ0v) is 11.5. The third kappa shape index (κ3) is 3.32. The summed E-state index contributed by atoms with van der Waals surface area (Å²) in [4.78, 5) is 24.0. The SMILES string of the molecule is O=C1CCC(=O)N1CCCOc1ccc(Br)cc1. The number of likely N-dealkylation sites (tertiary alicyclic amines) is 1. The number of hydrogen-bond donors (Lipinski definition) is 0. The minimum atomic E-state index is -0.0661. The Morgan fingerprint density at radius 1 is 1.11 bits per heavy atom. The van der Waals surface area contributed by atoms with Crippen LogP contribution in [0.2, 0.25) is 0 Å². The predicted molar refractivity (Wildman–Crippen MR) is 70.2 cm³/mol. The van der Waals surface area contributed by atoms with E-state index in [1.807, 2.05) is 24.3 Å². The quantitative estimate of drug-likeness (QED) is 0.619. The summed E-state index contributed by atoms with van der Waals surface area (Å²) in [6.07, 6.45) is 1.37. The third-order valence-electron chi connectivity index (χ3n) is 2.76. The Morgan fingerprint density at radius 3 is 2.33 bits per heavy atom. The fourth-order valence-corrected chi connectivity index (χ4v) is 2.08. The Hall–Kier alpha value is -1.36. The van der Waals surface area contributed by atoms with Crippen molar-refractivity contribution in [3.05, 3.63) is 28.7 Å². The van der Waals surface area contributed by atoms with Gasteiger partial charge in [-0.15, -0.1) is 0 Å². The van der Waals surface area contributed by atoms with Crippen LogP contribution in [0, 0.1) is 0 Å². The lowest BCUT2D eigenvalue weighted by atomic mass is 10.3. The van der Waals surface area contributed by atoms with E-state index in [0.29, 0.717) is 32.4 Å². The van der Waals surface area contributed by atoms with Crippen molar-refractivity contribution < 1.29 is 14.3 Å². The molecule has 1 aliphatic heterocycles. The third-order valence-corrected chi connectivity index (χ3v) is 3.29. The van der Waals surface area contributed by atoms with Gasteiger partial charge in [0.25, 0.3) is 0 Å². The highest BCUT2D eigenvalue weighted by atomic mass is 79.9. The van der Waals surface area contributed by atoms with Crippen LogP contribution in [0.25, 0.3) is 0 Å². The number of carbonyl (C=O) groups is 2. The maximum Gasteiger partial charge on any atom is 0.229 e. The number of ether oxygens (including phenoxy) is 1. The number of carbonyl (C=O) groups excluding carboxylic acids is 2. The van der Waals surface area contributed by atoms with Gasteiger partial charge in [0.1, 0.15) is 5.75 Å². The molecule has 18 heavy (non-hydrogen) atoms. The van der Waals surface area contributed by atoms with E-state index in [1.165, 1.54) is 4.90 Å². The molecule has 0 saturated carbocycles. The van der Waals surface area contributed by atoms with Crippen LogP contribution < -0.4 is 4.74 Å². The Bertz CT molecular complexity index is 428. The van der Waals surface area contributed by atoms with Gasteiger partial charge in [-0.25, -0.2) is 0 Å². The summed E-state index contributed by atoms with van der Waals surface area (Å²) in [6, 6.07) is 7.55. The molecule has 2 rings (SSSR count). The molecule has 0 atom stereocenters. The highest BCUT2D eigenvalue weighted by Crippen LogP contribution is 2.16. The van der Waals surface area contributed by atoms with Crippen LogP contribution in [-0.4, -0.2) is 29.9 Å². The molecule has 0 unspecified atom stereocenters. The van der Waals surface area contributed by atoms with E-state index >= 15 is 0 Å². The molecule has 0 aromatic heterocycles. The van der Waals surface area contributed by atoms with Crippen molar-refractivity contribution in [3.63, 3.8) is 0 Å². The molecular formula is C13H14BrNO3. The van der Waals surface area contributed by atoms with Crippen LogP contribution in [0.4, 0.5) is 0 Å². The molecule has 96 valence electrons. The van der Waals surface area contributed by atoms with Crippen LogP contribution in [0.15, 0.2) is 28.7 Å². The number of hydrogen-bond acceptors (Lipinski definition) is 3. The van der Waals surface area contributed by atoms with Crippen molar-refractivity contribution in [1.29, 1.82) is 0 Å². The largest absolute Gasteiger partial charge is 0.494 e. The molecule has 5 heteroatoms. The van der Waals surface area contributed by atoms with E-state index in [9.17, 15) is 9.59 Å². The zero-order valence-electron chi connectivity index (χ0n) is 9.89. The Balaban J connectivity index is 1.71. The average Bonchev–Trinajstić information content (AvgIpc) is 2.68. The van der Waals surface area contributed by atoms with Crippen LogP contribution >= 0.6 is 15.9 Å². The van der Waals surface area contributed by atoms with Crippen molar-refractivity contribution in [2.75, 3.05) is 13.2 Å². The number of nitrogens with zero attached hydrogens (tertiary/aromatic N) is 1. The van der Waals surface area contributed by atoms with Gasteiger partial charge in [0.2, 0.25) is 11.8 Å². The second-order valence-corrected chi connectivity index (χ2v) is 5.01. The topological polar surface area (TPSA) is 46.6 Å². The molecule has 1 fully saturated rings. The number of amides is 2. The minimum Gasteiger partial charge on any atom is -0.494 e. The first-order valence-electron chi connectivity index (χ1n) is 5.88. The first-order valence-corrected chi connectivity index (χ1v) is 6.67. The van der Waals surface area contributed by atoms with Gasteiger partial charge < -0.3 is 4.74 Å². The molecular weight excluding hydrogens is 298 g/mol. The van der Waals surface area contributed by atoms with Gasteiger partial charge >= 0.3 is 0 Å². The number of benzene rings is 1. The summed E-state index contributed by atoms with van der Waals surface area (Å²) < 4.78 is 6.52. The summed E-state index contributed by atoms with van der Waals surface area (Å²) in [5.41, 5.74) is 0. The van der Waals surface area contributed by atoms with Gasteiger partial charge in [0, 0.05) is 23.9 Å². The predicted octanol–water partition coefficient (Wildman–Crippen LogP) is 2.37. The lowest BCUT2D eigenvalue weighted by Crippen LogP contribution is -2.30. The molecule has 1 aromatic carbocycles. The molecule has 2 amide bonds. The number of rotatable bonds is 5. The lowest BCUT2D eigenvalue weighted by molar-refractivity contribution is -0.138. The maximum atomic E-state index is 11.3. The molecule has 0 spiro atoms. The molecule has 1 heterocycles. The average molecular weight is 312 g/mol. The van der Waals surface area contributed by atoms with Crippen LogP contribution in [-0.2, 0) is 9.59 Å². The minimum absolute atomic E-state index is 0.0661. The zero-order chi connectivity index (χ0) is 13.0. The van der Waals surface area contributed by atoms with Gasteiger partial charge in [-0.2, -0.15) is 0 Å². The molecule has 0 radical (unpaired) electrons. The smallest absolute Gasteiger partial charge is 0.229 e. The molecule has 0 aliphatic carbocycles. The van der Waals surface area contributed by atoms with Crippen LogP contribution in [0.1, 0.15) is 19.3 Å². The van der Waals surface area contributed by atoms with Crippen molar-refractivity contribution in [1.82, 2.24) is 4.90 Å². The second kappa shape index (κ2) is 6.00. The monoisotopic (exact) mass is 311 g/mol. The molecule has 4 nitrogen and oxygen atoms in total. The van der Waals surface area contributed by atoms with E-state index in [2.05, 4.69) is 15.9 Å². The Labute approximate surface area is 114 Å². The van der Waals surface area contributed by atoms with Crippen LogP contribution in [0.5, 0.6) is 5.75 Å².